The van der Waals surface area contributed by atoms with Crippen molar-refractivity contribution in [3.63, 3.8) is 0 Å². The van der Waals surface area contributed by atoms with Crippen molar-refractivity contribution >= 4 is 5.91 Å². The number of nitrogens with one attached hydrogen (secondary N) is 1. The van der Waals surface area contributed by atoms with Crippen LogP contribution in [0, 0.1) is 13.8 Å². The van der Waals surface area contributed by atoms with Crippen LogP contribution in [0.25, 0.3) is 0 Å². The number of carbonyl (C=O) groups excluding carboxylic acids is 1. The van der Waals surface area contributed by atoms with E-state index >= 15 is 0 Å². The zero-order valence-corrected chi connectivity index (χ0v) is 20.2. The molecule has 1 saturated heterocycles. The molecule has 4 rings (SSSR count). The lowest BCUT2D eigenvalue weighted by atomic mass is 10.0. The molecule has 180 valence electrons. The maximum Gasteiger partial charge on any atom is 0.251 e. The normalized spacial score (nSPS) is 15.0. The Kier molecular flexibility index (Phi) is 7.85. The van der Waals surface area contributed by atoms with Crippen molar-refractivity contribution in [2.75, 3.05) is 26.7 Å². The van der Waals surface area contributed by atoms with Crippen molar-refractivity contribution in [3.8, 4) is 11.5 Å². The summed E-state index contributed by atoms with van der Waals surface area (Å²) in [6.45, 7) is 6.72. The van der Waals surface area contributed by atoms with Gasteiger partial charge in [-0.05, 0) is 75.7 Å². The standard InChI is InChI=1S/C27H33N3O4/c1-19-25(20(2)34-29-19)18-33-24-9-7-8-22(16-24)27(31)28-17-26(30-14-5-4-6-15-30)21-10-12-23(32-3)13-11-21/h7-13,16,26H,4-6,14-15,17-18H2,1-3H3,(H,28,31)/t26-/m1/s1. The van der Waals surface area contributed by atoms with E-state index in [1.807, 2.05) is 38.1 Å². The molecular formula is C27H33N3O4. The largest absolute Gasteiger partial charge is 0.497 e. The Labute approximate surface area is 201 Å². The van der Waals surface area contributed by atoms with Gasteiger partial charge in [0.2, 0.25) is 0 Å². The highest BCUT2D eigenvalue weighted by atomic mass is 16.5. The van der Waals surface area contributed by atoms with E-state index in [0.717, 1.165) is 35.9 Å². The van der Waals surface area contributed by atoms with Gasteiger partial charge in [-0.3, -0.25) is 9.69 Å². The SMILES string of the molecule is COc1ccc([C@@H](CNC(=O)c2cccc(OCc3c(C)noc3C)c2)N2CCCCC2)cc1. The Bertz CT molecular complexity index is 1070. The number of nitrogens with zero attached hydrogens (tertiary/aromatic N) is 2. The first-order valence-corrected chi connectivity index (χ1v) is 11.9. The van der Waals surface area contributed by atoms with Crippen LogP contribution in [0.2, 0.25) is 0 Å². The second kappa shape index (κ2) is 11.2. The van der Waals surface area contributed by atoms with E-state index in [-0.39, 0.29) is 11.9 Å². The molecule has 0 unspecified atom stereocenters. The van der Waals surface area contributed by atoms with Crippen molar-refractivity contribution in [1.82, 2.24) is 15.4 Å². The molecule has 7 nitrogen and oxygen atoms in total. The maximum atomic E-state index is 13.0. The highest BCUT2D eigenvalue weighted by Gasteiger charge is 2.23. The van der Waals surface area contributed by atoms with Gasteiger partial charge in [-0.2, -0.15) is 0 Å². The minimum absolute atomic E-state index is 0.113. The summed E-state index contributed by atoms with van der Waals surface area (Å²) in [6.07, 6.45) is 3.63. The molecular weight excluding hydrogens is 430 g/mol. The van der Waals surface area contributed by atoms with Crippen molar-refractivity contribution in [3.05, 3.63) is 76.7 Å². The van der Waals surface area contributed by atoms with E-state index in [4.69, 9.17) is 14.0 Å². The van der Waals surface area contributed by atoms with Gasteiger partial charge in [0.05, 0.1) is 24.4 Å². The van der Waals surface area contributed by atoms with E-state index in [0.29, 0.717) is 24.5 Å². The highest BCUT2D eigenvalue weighted by molar-refractivity contribution is 5.94. The Balaban J connectivity index is 1.42. The number of aryl methyl sites for hydroxylation is 2. The van der Waals surface area contributed by atoms with Crippen molar-refractivity contribution in [2.45, 2.75) is 45.8 Å². The summed E-state index contributed by atoms with van der Waals surface area (Å²) in [5, 5.41) is 7.10. The summed E-state index contributed by atoms with van der Waals surface area (Å²) in [6, 6.07) is 15.5. The van der Waals surface area contributed by atoms with Gasteiger partial charge in [0.25, 0.3) is 5.91 Å². The third-order valence-corrected chi connectivity index (χ3v) is 6.45. The van der Waals surface area contributed by atoms with Gasteiger partial charge in [0, 0.05) is 12.1 Å². The first-order chi connectivity index (χ1) is 16.5. The molecule has 2 heterocycles. The zero-order chi connectivity index (χ0) is 23.9. The number of likely N-dealkylation sites (tertiary alicyclic amines) is 1. The van der Waals surface area contributed by atoms with E-state index in [2.05, 4.69) is 27.5 Å². The van der Waals surface area contributed by atoms with E-state index in [9.17, 15) is 4.79 Å². The van der Waals surface area contributed by atoms with Crippen molar-refractivity contribution < 1.29 is 18.8 Å². The van der Waals surface area contributed by atoms with Crippen LogP contribution >= 0.6 is 0 Å². The number of aromatic nitrogens is 1. The van der Waals surface area contributed by atoms with Crippen LogP contribution in [-0.4, -0.2) is 42.7 Å². The van der Waals surface area contributed by atoms with Gasteiger partial charge >= 0.3 is 0 Å². The lowest BCUT2D eigenvalue weighted by Crippen LogP contribution is -2.40. The van der Waals surface area contributed by atoms with Crippen LogP contribution in [-0.2, 0) is 6.61 Å². The van der Waals surface area contributed by atoms with Gasteiger partial charge in [-0.1, -0.05) is 29.8 Å². The topological polar surface area (TPSA) is 76.8 Å². The molecule has 1 aromatic heterocycles. The minimum atomic E-state index is -0.113. The van der Waals surface area contributed by atoms with Gasteiger partial charge in [-0.15, -0.1) is 0 Å². The monoisotopic (exact) mass is 463 g/mol. The van der Waals surface area contributed by atoms with Crippen LogP contribution in [0.1, 0.15) is 58.2 Å². The highest BCUT2D eigenvalue weighted by Crippen LogP contribution is 2.26. The summed E-state index contributed by atoms with van der Waals surface area (Å²) >= 11 is 0. The van der Waals surface area contributed by atoms with Crippen LogP contribution in [0.3, 0.4) is 0 Å². The summed E-state index contributed by atoms with van der Waals surface area (Å²) < 4.78 is 16.4. The maximum absolute atomic E-state index is 13.0. The van der Waals surface area contributed by atoms with E-state index in [1.165, 1.54) is 24.8 Å². The molecule has 0 bridgehead atoms. The average Bonchev–Trinajstić information content (AvgIpc) is 3.20. The number of carbonyl (C=O) groups is 1. The molecule has 1 N–H and O–H groups in total. The fraction of sp³-hybridized carbons (Fsp3) is 0.407. The predicted molar refractivity (Wildman–Crippen MR) is 130 cm³/mol. The molecule has 0 aliphatic carbocycles. The third kappa shape index (κ3) is 5.78. The number of rotatable bonds is 9. The molecule has 1 aliphatic heterocycles. The summed E-state index contributed by atoms with van der Waals surface area (Å²) in [5.41, 5.74) is 3.50. The quantitative estimate of drug-likeness (QED) is 0.490. The van der Waals surface area contributed by atoms with Crippen LogP contribution in [0.4, 0.5) is 0 Å². The number of benzene rings is 2. The second-order valence-corrected chi connectivity index (χ2v) is 8.71. The summed E-state index contributed by atoms with van der Waals surface area (Å²) in [5.74, 6) is 2.10. The molecule has 3 aromatic rings. The fourth-order valence-electron chi connectivity index (χ4n) is 4.40. The summed E-state index contributed by atoms with van der Waals surface area (Å²) in [7, 11) is 1.67. The van der Waals surface area contributed by atoms with Gasteiger partial charge in [0.1, 0.15) is 23.9 Å². The lowest BCUT2D eigenvalue weighted by Gasteiger charge is -2.35. The first-order valence-electron chi connectivity index (χ1n) is 11.9. The average molecular weight is 464 g/mol. The fourth-order valence-corrected chi connectivity index (χ4v) is 4.40. The van der Waals surface area contributed by atoms with Crippen LogP contribution in [0.5, 0.6) is 11.5 Å². The number of piperidine rings is 1. The molecule has 34 heavy (non-hydrogen) atoms. The Morgan fingerprint density at radius 2 is 1.85 bits per heavy atom. The smallest absolute Gasteiger partial charge is 0.251 e. The molecule has 1 aliphatic rings. The summed E-state index contributed by atoms with van der Waals surface area (Å²) in [4.78, 5) is 15.5. The number of hydrogen-bond donors (Lipinski definition) is 1. The molecule has 2 aromatic carbocycles. The predicted octanol–water partition coefficient (Wildman–Crippen LogP) is 4.84. The molecule has 1 atom stereocenters. The zero-order valence-electron chi connectivity index (χ0n) is 20.2. The van der Waals surface area contributed by atoms with Crippen molar-refractivity contribution in [2.24, 2.45) is 0 Å². The van der Waals surface area contributed by atoms with E-state index in [1.54, 1.807) is 19.2 Å². The molecule has 1 fully saturated rings. The van der Waals surface area contributed by atoms with Gasteiger partial charge < -0.3 is 19.3 Å². The molecule has 7 heteroatoms. The van der Waals surface area contributed by atoms with Crippen molar-refractivity contribution in [1.29, 1.82) is 0 Å². The van der Waals surface area contributed by atoms with Crippen LogP contribution in [0.15, 0.2) is 53.1 Å². The van der Waals surface area contributed by atoms with Crippen LogP contribution < -0.4 is 14.8 Å². The third-order valence-electron chi connectivity index (χ3n) is 6.45. The Morgan fingerprint density at radius 3 is 2.53 bits per heavy atom. The van der Waals surface area contributed by atoms with Gasteiger partial charge in [0.15, 0.2) is 0 Å². The van der Waals surface area contributed by atoms with Gasteiger partial charge in [-0.25, -0.2) is 0 Å². The molecule has 1 amide bonds. The molecule has 0 radical (unpaired) electrons. The lowest BCUT2D eigenvalue weighted by molar-refractivity contribution is 0.0924. The minimum Gasteiger partial charge on any atom is -0.497 e. The Hall–Kier alpha value is -3.32. The number of ether oxygens (including phenoxy) is 2. The molecule has 0 saturated carbocycles. The number of amides is 1. The molecule has 0 spiro atoms. The van der Waals surface area contributed by atoms with E-state index < -0.39 is 0 Å². The second-order valence-electron chi connectivity index (χ2n) is 8.71. The first kappa shape index (κ1) is 23.8. The number of hydrogen-bond acceptors (Lipinski definition) is 6. The Morgan fingerprint density at radius 1 is 1.09 bits per heavy atom. The number of methoxy groups -OCH3 is 1.